The number of thiocarbonyl (C=S) groups is 1. The number of amides is 1. The van der Waals surface area contributed by atoms with Gasteiger partial charge in [-0.25, -0.2) is 0 Å². The number of carbonyl (C=O) groups excluding carboxylic acids is 1. The van der Waals surface area contributed by atoms with Gasteiger partial charge < -0.3 is 14.4 Å². The molecule has 0 radical (unpaired) electrons. The lowest BCUT2D eigenvalue weighted by atomic mass is 10.1. The van der Waals surface area contributed by atoms with Gasteiger partial charge in [-0.3, -0.25) is 9.69 Å². The van der Waals surface area contributed by atoms with Crippen LogP contribution in [0.25, 0.3) is 0 Å². The molecule has 2 aliphatic heterocycles. The molecule has 2 aliphatic rings. The van der Waals surface area contributed by atoms with Crippen LogP contribution >= 0.6 is 39.9 Å². The third kappa shape index (κ3) is 3.27. The van der Waals surface area contributed by atoms with Crippen molar-refractivity contribution in [1.82, 2.24) is 4.90 Å². The molecule has 0 N–H and O–H groups in total. The summed E-state index contributed by atoms with van der Waals surface area (Å²) in [6.07, 6.45) is 0. The summed E-state index contributed by atoms with van der Waals surface area (Å²) in [6.45, 7) is 2.51. The van der Waals surface area contributed by atoms with Crippen LogP contribution in [0.5, 0.6) is 11.5 Å². The van der Waals surface area contributed by atoms with E-state index in [4.69, 9.17) is 21.7 Å². The van der Waals surface area contributed by atoms with Crippen molar-refractivity contribution in [3.05, 3.63) is 52.5 Å². The van der Waals surface area contributed by atoms with E-state index in [0.29, 0.717) is 29.0 Å². The Morgan fingerprint density at radius 2 is 1.96 bits per heavy atom. The van der Waals surface area contributed by atoms with E-state index >= 15 is 0 Å². The second-order valence-corrected chi connectivity index (χ2v) is 8.78. The number of methoxy groups -OCH3 is 1. The number of halogens is 1. The Morgan fingerprint density at radius 1 is 1.21 bits per heavy atom. The molecule has 2 atom stereocenters. The highest BCUT2D eigenvalue weighted by atomic mass is 79.9. The van der Waals surface area contributed by atoms with Gasteiger partial charge in [0.25, 0.3) is 5.91 Å². The fourth-order valence-electron chi connectivity index (χ4n) is 3.49. The topological polar surface area (TPSA) is 42.0 Å². The average molecular weight is 479 g/mol. The van der Waals surface area contributed by atoms with Gasteiger partial charge in [0.1, 0.15) is 11.4 Å². The maximum atomic E-state index is 13.0. The smallest absolute Gasteiger partial charge is 0.257 e. The molecule has 146 valence electrons. The summed E-state index contributed by atoms with van der Waals surface area (Å²) in [5.74, 6) is 2.13. The van der Waals surface area contributed by atoms with Gasteiger partial charge in [0.15, 0.2) is 16.6 Å². The van der Waals surface area contributed by atoms with E-state index in [9.17, 15) is 4.79 Å². The SMILES string of the molecule is CCOc1ccc([C@@H]2SC[C@@H]3C(=O)N(c4ccc(Br)cc4)C(=S)N32)cc1OC. The molecule has 1 amide bonds. The van der Waals surface area contributed by atoms with Gasteiger partial charge in [-0.05, 0) is 61.1 Å². The largest absolute Gasteiger partial charge is 0.493 e. The van der Waals surface area contributed by atoms with Crippen molar-refractivity contribution in [3.8, 4) is 11.5 Å². The molecular formula is C20H19BrN2O3S2. The van der Waals surface area contributed by atoms with Gasteiger partial charge >= 0.3 is 0 Å². The Balaban J connectivity index is 1.65. The van der Waals surface area contributed by atoms with Gasteiger partial charge in [0.05, 0.1) is 19.4 Å². The third-order valence-corrected chi connectivity index (χ3v) is 7.02. The zero-order valence-corrected chi connectivity index (χ0v) is 18.6. The van der Waals surface area contributed by atoms with E-state index in [1.165, 1.54) is 0 Å². The molecule has 0 bridgehead atoms. The van der Waals surface area contributed by atoms with Crippen LogP contribution in [0.1, 0.15) is 17.9 Å². The number of benzene rings is 2. The molecule has 28 heavy (non-hydrogen) atoms. The summed E-state index contributed by atoms with van der Waals surface area (Å²) in [6, 6.07) is 13.3. The van der Waals surface area contributed by atoms with Crippen molar-refractivity contribution >= 4 is 56.6 Å². The quantitative estimate of drug-likeness (QED) is 0.584. The number of nitrogens with zero attached hydrogens (tertiary/aromatic N) is 2. The molecule has 0 aliphatic carbocycles. The first-order chi connectivity index (χ1) is 13.5. The lowest BCUT2D eigenvalue weighted by molar-refractivity contribution is -0.119. The van der Waals surface area contributed by atoms with E-state index in [0.717, 1.165) is 15.7 Å². The number of rotatable bonds is 5. The molecule has 2 fully saturated rings. The fraction of sp³-hybridized carbons (Fsp3) is 0.300. The van der Waals surface area contributed by atoms with E-state index in [-0.39, 0.29) is 17.3 Å². The third-order valence-electron chi connectivity index (χ3n) is 4.78. The number of ether oxygens (including phenoxy) is 2. The van der Waals surface area contributed by atoms with E-state index in [1.807, 2.05) is 54.3 Å². The molecular weight excluding hydrogens is 460 g/mol. The average Bonchev–Trinajstić information content (AvgIpc) is 3.24. The minimum absolute atomic E-state index is 0.0280. The van der Waals surface area contributed by atoms with Crippen molar-refractivity contribution in [2.75, 3.05) is 24.4 Å². The second kappa shape index (κ2) is 7.93. The minimum atomic E-state index is -0.247. The molecule has 0 spiro atoms. The Morgan fingerprint density at radius 3 is 2.64 bits per heavy atom. The molecule has 4 rings (SSSR count). The summed E-state index contributed by atoms with van der Waals surface area (Å²) < 4.78 is 12.1. The molecule has 0 aromatic heterocycles. The summed E-state index contributed by atoms with van der Waals surface area (Å²) in [4.78, 5) is 16.7. The molecule has 2 aromatic carbocycles. The predicted octanol–water partition coefficient (Wildman–Crippen LogP) is 4.60. The van der Waals surface area contributed by atoms with Gasteiger partial charge in [0.2, 0.25) is 0 Å². The predicted molar refractivity (Wildman–Crippen MR) is 119 cm³/mol. The molecule has 2 heterocycles. The Kier molecular flexibility index (Phi) is 5.53. The van der Waals surface area contributed by atoms with Gasteiger partial charge in [0, 0.05) is 10.2 Å². The van der Waals surface area contributed by atoms with E-state index < -0.39 is 0 Å². The lowest BCUT2D eigenvalue weighted by Gasteiger charge is -2.26. The molecule has 8 heteroatoms. The van der Waals surface area contributed by atoms with Crippen LogP contribution in [-0.4, -0.2) is 41.4 Å². The molecule has 0 unspecified atom stereocenters. The maximum absolute atomic E-state index is 13.0. The van der Waals surface area contributed by atoms with Crippen molar-refractivity contribution in [2.45, 2.75) is 18.3 Å². The molecule has 2 aromatic rings. The van der Waals surface area contributed by atoms with Crippen LogP contribution in [0.3, 0.4) is 0 Å². The number of anilines is 1. The summed E-state index contributed by atoms with van der Waals surface area (Å²) in [5.41, 5.74) is 1.83. The first-order valence-corrected chi connectivity index (χ1v) is 11.1. The zero-order valence-electron chi connectivity index (χ0n) is 15.4. The number of thioether (sulfide) groups is 1. The Bertz CT molecular complexity index is 922. The van der Waals surface area contributed by atoms with E-state index in [1.54, 1.807) is 23.8 Å². The van der Waals surface area contributed by atoms with Crippen LogP contribution in [0, 0.1) is 0 Å². The van der Waals surface area contributed by atoms with Gasteiger partial charge in [-0.2, -0.15) is 0 Å². The highest BCUT2D eigenvalue weighted by Gasteiger charge is 2.50. The Hall–Kier alpha value is -1.77. The maximum Gasteiger partial charge on any atom is 0.257 e. The molecule has 5 nitrogen and oxygen atoms in total. The van der Waals surface area contributed by atoms with Crippen LogP contribution < -0.4 is 14.4 Å². The number of hydrogen-bond donors (Lipinski definition) is 0. The summed E-state index contributed by atoms with van der Waals surface area (Å²) >= 11 is 10.9. The summed E-state index contributed by atoms with van der Waals surface area (Å²) in [7, 11) is 1.63. The van der Waals surface area contributed by atoms with Crippen molar-refractivity contribution < 1.29 is 14.3 Å². The van der Waals surface area contributed by atoms with Gasteiger partial charge in [-0.1, -0.05) is 22.0 Å². The molecule has 0 saturated carbocycles. The number of hydrogen-bond acceptors (Lipinski definition) is 5. The lowest BCUT2D eigenvalue weighted by Crippen LogP contribution is -2.33. The number of carbonyl (C=O) groups is 1. The standard InChI is InChI=1S/C20H19BrN2O3S2/c1-3-26-16-9-4-12(10-17(16)25-2)19-23-15(11-28-19)18(24)22(20(23)27)14-7-5-13(21)6-8-14/h4-10,15,19H,3,11H2,1-2H3/t15-,19+/m1/s1. The van der Waals surface area contributed by atoms with Crippen LogP contribution in [0.4, 0.5) is 5.69 Å². The first kappa shape index (κ1) is 19.5. The highest BCUT2D eigenvalue weighted by Crippen LogP contribution is 2.47. The first-order valence-electron chi connectivity index (χ1n) is 8.89. The van der Waals surface area contributed by atoms with Crippen molar-refractivity contribution in [1.29, 1.82) is 0 Å². The van der Waals surface area contributed by atoms with Crippen molar-refractivity contribution in [3.63, 3.8) is 0 Å². The minimum Gasteiger partial charge on any atom is -0.493 e. The zero-order chi connectivity index (χ0) is 19.8. The second-order valence-electron chi connectivity index (χ2n) is 6.38. The van der Waals surface area contributed by atoms with Crippen LogP contribution in [0.2, 0.25) is 0 Å². The highest BCUT2D eigenvalue weighted by molar-refractivity contribution is 9.10. The molecule has 2 saturated heterocycles. The summed E-state index contributed by atoms with van der Waals surface area (Å²) in [5, 5.41) is 0.506. The van der Waals surface area contributed by atoms with Crippen LogP contribution in [0.15, 0.2) is 46.9 Å². The number of fused-ring (bicyclic) bond motifs is 1. The normalized spacial score (nSPS) is 21.2. The Labute approximate surface area is 182 Å². The fourth-order valence-corrected chi connectivity index (χ4v) is 5.66. The monoisotopic (exact) mass is 478 g/mol. The van der Waals surface area contributed by atoms with Gasteiger partial charge in [-0.15, -0.1) is 11.8 Å². The van der Waals surface area contributed by atoms with E-state index in [2.05, 4.69) is 15.9 Å². The van der Waals surface area contributed by atoms with Crippen molar-refractivity contribution in [2.24, 2.45) is 0 Å². The van der Waals surface area contributed by atoms with Crippen LogP contribution in [-0.2, 0) is 4.79 Å².